The standard InChI is InChI=1S/C17H18F3N5O4/c1-23(2)7-8-25-13-12(14(26)24(3)16(25)27)21-15(22-13)28-10-5-4-6-11(9-10)29-17(18,19)20/h4-6,9H,7-8H2,1-3H3,(H,21,22). The Hall–Kier alpha value is -3.28. The Kier molecular flexibility index (Phi) is 5.38. The molecule has 0 saturated heterocycles. The highest BCUT2D eigenvalue weighted by molar-refractivity contribution is 5.70. The summed E-state index contributed by atoms with van der Waals surface area (Å²) in [6.45, 7) is 0.794. The van der Waals surface area contributed by atoms with Gasteiger partial charge in [0.25, 0.3) is 5.56 Å². The molecular weight excluding hydrogens is 395 g/mol. The highest BCUT2D eigenvalue weighted by Gasteiger charge is 2.31. The number of halogens is 3. The van der Waals surface area contributed by atoms with Crippen LogP contribution in [0.2, 0.25) is 0 Å². The van der Waals surface area contributed by atoms with Crippen LogP contribution in [0.3, 0.4) is 0 Å². The minimum Gasteiger partial charge on any atom is -0.425 e. The van der Waals surface area contributed by atoms with Crippen molar-refractivity contribution in [2.24, 2.45) is 7.05 Å². The number of alkyl halides is 3. The van der Waals surface area contributed by atoms with Crippen molar-refractivity contribution in [3.05, 3.63) is 45.1 Å². The molecule has 1 aromatic carbocycles. The van der Waals surface area contributed by atoms with E-state index in [4.69, 9.17) is 4.74 Å². The number of likely N-dealkylation sites (N-methyl/N-ethyl adjacent to an activating group) is 1. The van der Waals surface area contributed by atoms with Gasteiger partial charge in [0.05, 0.1) is 0 Å². The van der Waals surface area contributed by atoms with Crippen LogP contribution >= 0.6 is 0 Å². The van der Waals surface area contributed by atoms with Gasteiger partial charge in [-0.15, -0.1) is 13.2 Å². The summed E-state index contributed by atoms with van der Waals surface area (Å²) in [6.07, 6.45) is -4.84. The molecule has 1 N–H and O–H groups in total. The predicted molar refractivity (Wildman–Crippen MR) is 97.3 cm³/mol. The van der Waals surface area contributed by atoms with Crippen LogP contribution in [0.25, 0.3) is 11.2 Å². The number of ether oxygens (including phenoxy) is 2. The Morgan fingerprint density at radius 3 is 2.55 bits per heavy atom. The van der Waals surface area contributed by atoms with E-state index in [1.807, 2.05) is 19.0 Å². The Morgan fingerprint density at radius 2 is 1.90 bits per heavy atom. The first-order valence-electron chi connectivity index (χ1n) is 8.43. The van der Waals surface area contributed by atoms with E-state index in [1.54, 1.807) is 0 Å². The predicted octanol–water partition coefficient (Wildman–Crippen LogP) is 1.68. The van der Waals surface area contributed by atoms with Crippen molar-refractivity contribution in [1.29, 1.82) is 0 Å². The van der Waals surface area contributed by atoms with Gasteiger partial charge in [0.15, 0.2) is 11.2 Å². The van der Waals surface area contributed by atoms with Gasteiger partial charge in [-0.05, 0) is 26.2 Å². The molecule has 29 heavy (non-hydrogen) atoms. The molecule has 0 radical (unpaired) electrons. The summed E-state index contributed by atoms with van der Waals surface area (Å²) in [5, 5.41) is 0. The first-order valence-corrected chi connectivity index (χ1v) is 8.43. The molecule has 2 aromatic heterocycles. The zero-order chi connectivity index (χ0) is 21.3. The van der Waals surface area contributed by atoms with E-state index >= 15 is 0 Å². The fourth-order valence-electron chi connectivity index (χ4n) is 2.61. The molecule has 9 nitrogen and oxygen atoms in total. The molecule has 0 atom stereocenters. The average molecular weight is 413 g/mol. The van der Waals surface area contributed by atoms with Crippen LogP contribution in [-0.2, 0) is 13.6 Å². The van der Waals surface area contributed by atoms with Crippen molar-refractivity contribution in [2.45, 2.75) is 12.9 Å². The summed E-state index contributed by atoms with van der Waals surface area (Å²) < 4.78 is 48.7. The summed E-state index contributed by atoms with van der Waals surface area (Å²) >= 11 is 0. The van der Waals surface area contributed by atoms with Crippen molar-refractivity contribution in [3.8, 4) is 17.5 Å². The molecule has 0 aliphatic carbocycles. The number of rotatable bonds is 6. The van der Waals surface area contributed by atoms with E-state index in [9.17, 15) is 22.8 Å². The lowest BCUT2D eigenvalue weighted by Gasteiger charge is -2.12. The van der Waals surface area contributed by atoms with E-state index in [0.29, 0.717) is 6.54 Å². The summed E-state index contributed by atoms with van der Waals surface area (Å²) in [4.78, 5) is 33.5. The largest absolute Gasteiger partial charge is 0.573 e. The quantitative estimate of drug-likeness (QED) is 0.661. The number of nitrogens with zero attached hydrogens (tertiary/aromatic N) is 4. The van der Waals surface area contributed by atoms with Crippen molar-refractivity contribution < 1.29 is 22.6 Å². The maximum Gasteiger partial charge on any atom is 0.573 e. The minimum absolute atomic E-state index is 0.00446. The molecule has 0 amide bonds. The van der Waals surface area contributed by atoms with E-state index < -0.39 is 23.4 Å². The van der Waals surface area contributed by atoms with E-state index in [2.05, 4.69) is 14.7 Å². The molecule has 0 spiro atoms. The minimum atomic E-state index is -4.84. The number of H-pyrrole nitrogens is 1. The number of benzene rings is 1. The summed E-state index contributed by atoms with van der Waals surface area (Å²) in [5.41, 5.74) is -0.994. The molecular formula is C17H18F3N5O4. The summed E-state index contributed by atoms with van der Waals surface area (Å²) in [6, 6.07) is 4.70. The molecule has 3 aromatic rings. The first-order chi connectivity index (χ1) is 13.5. The lowest BCUT2D eigenvalue weighted by molar-refractivity contribution is -0.274. The van der Waals surface area contributed by atoms with Gasteiger partial charge in [-0.2, -0.15) is 4.98 Å². The topological polar surface area (TPSA) is 94.4 Å². The number of hydrogen-bond donors (Lipinski definition) is 1. The number of hydrogen-bond acceptors (Lipinski definition) is 6. The zero-order valence-corrected chi connectivity index (χ0v) is 15.8. The lowest BCUT2D eigenvalue weighted by Crippen LogP contribution is -2.39. The van der Waals surface area contributed by atoms with Gasteiger partial charge >= 0.3 is 18.1 Å². The molecule has 0 bridgehead atoms. The maximum atomic E-state index is 12.5. The van der Waals surface area contributed by atoms with Crippen LogP contribution in [0.5, 0.6) is 17.5 Å². The second-order valence-corrected chi connectivity index (χ2v) is 6.47. The SMILES string of the molecule is CN(C)CCn1c(=O)n(C)c(=O)c2[nH]c(Oc3cccc(OC(F)(F)F)c3)nc21. The Labute approximate surface area is 161 Å². The van der Waals surface area contributed by atoms with Crippen molar-refractivity contribution >= 4 is 11.2 Å². The second-order valence-electron chi connectivity index (χ2n) is 6.47. The van der Waals surface area contributed by atoms with Gasteiger partial charge in [-0.3, -0.25) is 13.9 Å². The van der Waals surface area contributed by atoms with Crippen molar-refractivity contribution in [3.63, 3.8) is 0 Å². The molecule has 12 heteroatoms. The van der Waals surface area contributed by atoms with Crippen molar-refractivity contribution in [1.82, 2.24) is 24.0 Å². The third-order valence-corrected chi connectivity index (χ3v) is 3.98. The average Bonchev–Trinajstić information content (AvgIpc) is 3.02. The van der Waals surface area contributed by atoms with Crippen LogP contribution in [-0.4, -0.2) is 51.0 Å². The van der Waals surface area contributed by atoms with Gasteiger partial charge < -0.3 is 19.4 Å². The highest BCUT2D eigenvalue weighted by atomic mass is 19.4. The molecule has 2 heterocycles. The Balaban J connectivity index is 1.99. The molecule has 3 rings (SSSR count). The van der Waals surface area contributed by atoms with E-state index in [1.165, 1.54) is 23.7 Å². The molecule has 0 unspecified atom stereocenters. The third kappa shape index (κ3) is 4.59. The number of fused-ring (bicyclic) bond motifs is 1. The Morgan fingerprint density at radius 1 is 1.21 bits per heavy atom. The van der Waals surface area contributed by atoms with Crippen LogP contribution in [0.15, 0.2) is 33.9 Å². The molecule has 0 saturated carbocycles. The number of aromatic nitrogens is 4. The number of nitrogens with one attached hydrogen (secondary N) is 1. The first kappa shape index (κ1) is 20.5. The van der Waals surface area contributed by atoms with Gasteiger partial charge in [0.1, 0.15) is 11.5 Å². The van der Waals surface area contributed by atoms with Gasteiger partial charge in [-0.25, -0.2) is 4.79 Å². The smallest absolute Gasteiger partial charge is 0.425 e. The van der Waals surface area contributed by atoms with Crippen molar-refractivity contribution in [2.75, 3.05) is 20.6 Å². The fraction of sp³-hybridized carbons (Fsp3) is 0.353. The highest BCUT2D eigenvalue weighted by Crippen LogP contribution is 2.28. The van der Waals surface area contributed by atoms with Crippen LogP contribution in [0, 0.1) is 0 Å². The van der Waals surface area contributed by atoms with Crippen LogP contribution < -0.4 is 20.7 Å². The van der Waals surface area contributed by atoms with Crippen LogP contribution in [0.1, 0.15) is 0 Å². The third-order valence-electron chi connectivity index (χ3n) is 3.98. The number of imidazole rings is 1. The second kappa shape index (κ2) is 7.62. The van der Waals surface area contributed by atoms with E-state index in [-0.39, 0.29) is 29.5 Å². The molecule has 0 aliphatic rings. The van der Waals surface area contributed by atoms with E-state index in [0.717, 1.165) is 16.7 Å². The zero-order valence-electron chi connectivity index (χ0n) is 15.8. The Bertz CT molecular complexity index is 1150. The fourth-order valence-corrected chi connectivity index (χ4v) is 2.61. The molecule has 156 valence electrons. The monoisotopic (exact) mass is 413 g/mol. The van der Waals surface area contributed by atoms with Crippen LogP contribution in [0.4, 0.5) is 13.2 Å². The summed E-state index contributed by atoms with van der Waals surface area (Å²) in [7, 11) is 5.01. The molecule has 0 fully saturated rings. The van der Waals surface area contributed by atoms with Gasteiger partial charge in [0, 0.05) is 26.2 Å². The van der Waals surface area contributed by atoms with Gasteiger partial charge in [-0.1, -0.05) is 6.07 Å². The maximum absolute atomic E-state index is 12.5. The number of aromatic amines is 1. The lowest BCUT2D eigenvalue weighted by atomic mass is 10.3. The normalized spacial score (nSPS) is 12.0. The summed E-state index contributed by atoms with van der Waals surface area (Å²) in [5.74, 6) is -0.463. The van der Waals surface area contributed by atoms with Gasteiger partial charge in [0.2, 0.25) is 0 Å². The molecule has 0 aliphatic heterocycles.